The van der Waals surface area contributed by atoms with Crippen LogP contribution in [0.1, 0.15) is 34.1 Å². The lowest BCUT2D eigenvalue weighted by Gasteiger charge is -2.28. The SMILES string of the molecule is C/C=C/CN1CCC(NC(=O)OC(C)(C)C)(C(=O)O)C1. The van der Waals surface area contributed by atoms with Gasteiger partial charge >= 0.3 is 12.1 Å². The number of nitrogens with zero attached hydrogens (tertiary/aromatic N) is 1. The van der Waals surface area contributed by atoms with E-state index in [1.54, 1.807) is 20.8 Å². The van der Waals surface area contributed by atoms with Crippen molar-refractivity contribution in [2.24, 2.45) is 0 Å². The van der Waals surface area contributed by atoms with Gasteiger partial charge in [-0.25, -0.2) is 9.59 Å². The summed E-state index contributed by atoms with van der Waals surface area (Å²) in [6, 6.07) is 0. The van der Waals surface area contributed by atoms with Gasteiger partial charge in [-0.1, -0.05) is 12.2 Å². The molecule has 6 nitrogen and oxygen atoms in total. The lowest BCUT2D eigenvalue weighted by molar-refractivity contribution is -0.144. The van der Waals surface area contributed by atoms with E-state index in [0.717, 1.165) is 0 Å². The summed E-state index contributed by atoms with van der Waals surface area (Å²) in [5.41, 5.74) is -1.91. The van der Waals surface area contributed by atoms with E-state index in [4.69, 9.17) is 4.74 Å². The normalized spacial score (nSPS) is 24.0. The molecule has 1 heterocycles. The maximum Gasteiger partial charge on any atom is 0.408 e. The van der Waals surface area contributed by atoms with E-state index in [2.05, 4.69) is 5.32 Å². The van der Waals surface area contributed by atoms with Gasteiger partial charge in [-0.2, -0.15) is 0 Å². The van der Waals surface area contributed by atoms with Crippen molar-refractivity contribution in [3.05, 3.63) is 12.2 Å². The lowest BCUT2D eigenvalue weighted by atomic mass is 9.99. The van der Waals surface area contributed by atoms with Crippen LogP contribution < -0.4 is 5.32 Å². The van der Waals surface area contributed by atoms with Crippen LogP contribution >= 0.6 is 0 Å². The molecule has 1 aliphatic rings. The average Bonchev–Trinajstić information content (AvgIpc) is 2.68. The van der Waals surface area contributed by atoms with Crippen LogP contribution in [0.3, 0.4) is 0 Å². The first-order valence-electron chi connectivity index (χ1n) is 6.76. The van der Waals surface area contributed by atoms with Gasteiger partial charge in [-0.15, -0.1) is 0 Å². The molecule has 0 aromatic carbocycles. The predicted octanol–water partition coefficient (Wildman–Crippen LogP) is 1.62. The minimum absolute atomic E-state index is 0.284. The molecule has 0 saturated carbocycles. The molecule has 1 fully saturated rings. The third-order valence-electron chi connectivity index (χ3n) is 3.10. The molecule has 0 aliphatic carbocycles. The molecule has 0 aromatic heterocycles. The third-order valence-corrected chi connectivity index (χ3v) is 3.10. The number of rotatable bonds is 4. The van der Waals surface area contributed by atoms with E-state index in [-0.39, 0.29) is 6.54 Å². The van der Waals surface area contributed by atoms with Crippen molar-refractivity contribution < 1.29 is 19.4 Å². The van der Waals surface area contributed by atoms with Crippen molar-refractivity contribution in [1.29, 1.82) is 0 Å². The molecule has 1 aliphatic heterocycles. The summed E-state index contributed by atoms with van der Waals surface area (Å²) in [7, 11) is 0. The number of hydrogen-bond donors (Lipinski definition) is 2. The lowest BCUT2D eigenvalue weighted by Crippen LogP contribution is -2.57. The summed E-state index contributed by atoms with van der Waals surface area (Å²) >= 11 is 0. The largest absolute Gasteiger partial charge is 0.479 e. The topological polar surface area (TPSA) is 78.9 Å². The van der Waals surface area contributed by atoms with Crippen molar-refractivity contribution in [2.75, 3.05) is 19.6 Å². The molecule has 0 radical (unpaired) electrons. The van der Waals surface area contributed by atoms with Gasteiger partial charge in [0, 0.05) is 19.6 Å². The molecular formula is C14H24N2O4. The summed E-state index contributed by atoms with van der Waals surface area (Å²) in [5, 5.41) is 12.0. The smallest absolute Gasteiger partial charge is 0.408 e. The third kappa shape index (κ3) is 4.52. The van der Waals surface area contributed by atoms with E-state index in [1.807, 2.05) is 24.0 Å². The fourth-order valence-electron chi connectivity index (χ4n) is 2.13. The Morgan fingerprint density at radius 2 is 2.10 bits per heavy atom. The second-order valence-corrected chi connectivity index (χ2v) is 6.07. The number of likely N-dealkylation sites (tertiary alicyclic amines) is 1. The molecule has 2 N–H and O–H groups in total. The molecule has 114 valence electrons. The van der Waals surface area contributed by atoms with Crippen molar-refractivity contribution in [3.63, 3.8) is 0 Å². The zero-order chi connectivity index (χ0) is 15.4. The monoisotopic (exact) mass is 284 g/mol. The summed E-state index contributed by atoms with van der Waals surface area (Å²) in [6.45, 7) is 8.74. The average molecular weight is 284 g/mol. The van der Waals surface area contributed by atoms with Crippen LogP contribution in [0.25, 0.3) is 0 Å². The molecule has 1 rings (SSSR count). The van der Waals surface area contributed by atoms with E-state index >= 15 is 0 Å². The highest BCUT2D eigenvalue weighted by molar-refractivity contribution is 5.85. The minimum Gasteiger partial charge on any atom is -0.479 e. The standard InChI is InChI=1S/C14H24N2O4/c1-5-6-8-16-9-7-14(10-16,11(17)18)15-12(19)20-13(2,3)4/h5-6H,7-10H2,1-4H3,(H,15,19)(H,17,18)/b6-5+. The highest BCUT2D eigenvalue weighted by Crippen LogP contribution is 2.22. The first-order chi connectivity index (χ1) is 9.18. The van der Waals surface area contributed by atoms with Gasteiger partial charge in [-0.3, -0.25) is 4.90 Å². The number of carbonyl (C=O) groups is 2. The Morgan fingerprint density at radius 3 is 2.60 bits per heavy atom. The number of ether oxygens (including phenoxy) is 1. The van der Waals surface area contributed by atoms with Gasteiger partial charge in [-0.05, 0) is 34.1 Å². The number of allylic oxidation sites excluding steroid dienone is 1. The van der Waals surface area contributed by atoms with E-state index in [1.165, 1.54) is 0 Å². The predicted molar refractivity (Wildman–Crippen MR) is 75.6 cm³/mol. The maximum absolute atomic E-state index is 11.8. The fourth-order valence-corrected chi connectivity index (χ4v) is 2.13. The molecule has 1 amide bonds. The molecule has 0 aromatic rings. The number of carboxylic acids is 1. The van der Waals surface area contributed by atoms with Gasteiger partial charge in [0.05, 0.1) is 0 Å². The Labute approximate surface area is 119 Å². The number of amides is 1. The Balaban J connectivity index is 2.70. The van der Waals surface area contributed by atoms with Gasteiger partial charge in [0.1, 0.15) is 5.60 Å². The van der Waals surface area contributed by atoms with Crippen molar-refractivity contribution in [1.82, 2.24) is 10.2 Å². The summed E-state index contributed by atoms with van der Waals surface area (Å²) in [4.78, 5) is 25.3. The molecule has 20 heavy (non-hydrogen) atoms. The van der Waals surface area contributed by atoms with Gasteiger partial charge in [0.25, 0.3) is 0 Å². The van der Waals surface area contributed by atoms with Crippen LogP contribution in [0.5, 0.6) is 0 Å². The number of carbonyl (C=O) groups excluding carboxylic acids is 1. The van der Waals surface area contributed by atoms with Gasteiger partial charge < -0.3 is 15.2 Å². The van der Waals surface area contributed by atoms with Gasteiger partial charge in [0.2, 0.25) is 0 Å². The van der Waals surface area contributed by atoms with Crippen molar-refractivity contribution in [2.45, 2.75) is 45.3 Å². The second kappa shape index (κ2) is 6.26. The van der Waals surface area contributed by atoms with Crippen LogP contribution in [0.4, 0.5) is 4.79 Å². The van der Waals surface area contributed by atoms with Crippen LogP contribution in [-0.2, 0) is 9.53 Å². The maximum atomic E-state index is 11.8. The number of carboxylic acid groups (broad SMARTS) is 1. The van der Waals surface area contributed by atoms with Crippen LogP contribution in [0, 0.1) is 0 Å². The Bertz CT molecular complexity index is 400. The molecule has 1 saturated heterocycles. The Morgan fingerprint density at radius 1 is 1.45 bits per heavy atom. The van der Waals surface area contributed by atoms with E-state index < -0.39 is 23.2 Å². The molecule has 1 unspecified atom stereocenters. The van der Waals surface area contributed by atoms with Crippen LogP contribution in [-0.4, -0.2) is 52.8 Å². The van der Waals surface area contributed by atoms with Crippen LogP contribution in [0.2, 0.25) is 0 Å². The molecule has 6 heteroatoms. The number of hydrogen-bond acceptors (Lipinski definition) is 4. The van der Waals surface area contributed by atoms with E-state index in [9.17, 15) is 14.7 Å². The first-order valence-corrected chi connectivity index (χ1v) is 6.76. The van der Waals surface area contributed by atoms with Crippen molar-refractivity contribution >= 4 is 12.1 Å². The summed E-state index contributed by atoms with van der Waals surface area (Å²) < 4.78 is 5.15. The fraction of sp³-hybridized carbons (Fsp3) is 0.714. The molecule has 0 bridgehead atoms. The second-order valence-electron chi connectivity index (χ2n) is 6.07. The Kier molecular flexibility index (Phi) is 5.16. The highest BCUT2D eigenvalue weighted by atomic mass is 16.6. The highest BCUT2D eigenvalue weighted by Gasteiger charge is 2.46. The number of alkyl carbamates (subject to hydrolysis) is 1. The summed E-state index contributed by atoms with van der Waals surface area (Å²) in [6.07, 6.45) is 3.57. The number of nitrogens with one attached hydrogen (secondary N) is 1. The van der Waals surface area contributed by atoms with Crippen LogP contribution in [0.15, 0.2) is 12.2 Å². The molecular weight excluding hydrogens is 260 g/mol. The quantitative estimate of drug-likeness (QED) is 0.767. The zero-order valence-electron chi connectivity index (χ0n) is 12.6. The van der Waals surface area contributed by atoms with E-state index in [0.29, 0.717) is 19.5 Å². The van der Waals surface area contributed by atoms with Gasteiger partial charge in [0.15, 0.2) is 5.54 Å². The summed E-state index contributed by atoms with van der Waals surface area (Å²) in [5.74, 6) is -1.02. The minimum atomic E-state index is -1.26. The molecule has 0 spiro atoms. The number of aliphatic carboxylic acids is 1. The first kappa shape index (κ1) is 16.5. The Hall–Kier alpha value is -1.56. The molecule has 1 atom stereocenters. The zero-order valence-corrected chi connectivity index (χ0v) is 12.6. The van der Waals surface area contributed by atoms with Crippen molar-refractivity contribution in [3.8, 4) is 0 Å².